The maximum atomic E-state index is 13.1. The molecular formula is C22H26ClN3O5. The van der Waals surface area contributed by atoms with E-state index in [1.807, 2.05) is 20.8 Å². The Hall–Kier alpha value is -3.13. The van der Waals surface area contributed by atoms with Crippen LogP contribution in [0.1, 0.15) is 36.7 Å². The van der Waals surface area contributed by atoms with Gasteiger partial charge in [-0.05, 0) is 36.6 Å². The number of carbonyl (C=O) groups is 2. The normalized spacial score (nSPS) is 11.7. The van der Waals surface area contributed by atoms with Gasteiger partial charge >= 0.3 is 0 Å². The number of carbonyl (C=O) groups excluding carboxylic acids is 2. The highest BCUT2D eigenvalue weighted by molar-refractivity contribution is 6.31. The fourth-order valence-electron chi connectivity index (χ4n) is 3.03. The van der Waals surface area contributed by atoms with Gasteiger partial charge in [0, 0.05) is 30.7 Å². The Morgan fingerprint density at radius 2 is 1.90 bits per heavy atom. The number of nitrogens with zero attached hydrogens (tertiary/aromatic N) is 2. The van der Waals surface area contributed by atoms with Crippen molar-refractivity contribution in [2.45, 2.75) is 33.4 Å². The molecule has 0 saturated heterocycles. The highest BCUT2D eigenvalue weighted by Crippen LogP contribution is 2.24. The van der Waals surface area contributed by atoms with Crippen LogP contribution in [0.3, 0.4) is 0 Å². The molecule has 2 rings (SSSR count). The van der Waals surface area contributed by atoms with Gasteiger partial charge in [0.1, 0.15) is 11.8 Å². The number of hydrogen-bond acceptors (Lipinski definition) is 5. The van der Waals surface area contributed by atoms with Crippen LogP contribution in [0.25, 0.3) is 0 Å². The number of halogens is 1. The van der Waals surface area contributed by atoms with Crippen LogP contribution < -0.4 is 10.1 Å². The molecular weight excluding hydrogens is 422 g/mol. The molecule has 1 atom stereocenters. The first-order chi connectivity index (χ1) is 14.6. The number of ether oxygens (including phenoxy) is 1. The molecule has 0 fully saturated rings. The molecule has 0 saturated carbocycles. The maximum absolute atomic E-state index is 13.1. The molecule has 1 unspecified atom stereocenters. The van der Waals surface area contributed by atoms with Crippen molar-refractivity contribution in [2.24, 2.45) is 5.92 Å². The van der Waals surface area contributed by atoms with Gasteiger partial charge in [-0.2, -0.15) is 0 Å². The Bertz CT molecular complexity index is 964. The van der Waals surface area contributed by atoms with E-state index in [9.17, 15) is 19.7 Å². The molecule has 0 heterocycles. The third-order valence-corrected chi connectivity index (χ3v) is 5.04. The second-order valence-electron chi connectivity index (χ2n) is 7.35. The van der Waals surface area contributed by atoms with Gasteiger partial charge in [-0.1, -0.05) is 37.6 Å². The van der Waals surface area contributed by atoms with Crippen LogP contribution in [0.5, 0.6) is 5.75 Å². The zero-order valence-electron chi connectivity index (χ0n) is 17.9. The number of nitro groups is 1. The highest BCUT2D eigenvalue weighted by atomic mass is 35.5. The van der Waals surface area contributed by atoms with Gasteiger partial charge in [0.25, 0.3) is 11.6 Å². The number of rotatable bonds is 9. The van der Waals surface area contributed by atoms with E-state index < -0.39 is 16.9 Å². The third-order valence-electron chi connectivity index (χ3n) is 4.67. The fourth-order valence-corrected chi connectivity index (χ4v) is 3.21. The van der Waals surface area contributed by atoms with E-state index >= 15 is 0 Å². The number of amides is 2. The predicted molar refractivity (Wildman–Crippen MR) is 118 cm³/mol. The highest BCUT2D eigenvalue weighted by Gasteiger charge is 2.28. The summed E-state index contributed by atoms with van der Waals surface area (Å²) in [5.74, 6) is -0.509. The number of non-ortho nitro benzene ring substituents is 1. The topological polar surface area (TPSA) is 102 Å². The van der Waals surface area contributed by atoms with E-state index in [4.69, 9.17) is 16.3 Å². The molecule has 0 aliphatic heterocycles. The van der Waals surface area contributed by atoms with Crippen molar-refractivity contribution in [1.29, 1.82) is 0 Å². The van der Waals surface area contributed by atoms with Crippen LogP contribution in [0.15, 0.2) is 42.5 Å². The van der Waals surface area contributed by atoms with Crippen LogP contribution >= 0.6 is 11.6 Å². The first-order valence-electron chi connectivity index (χ1n) is 9.86. The second kappa shape index (κ2) is 10.8. The Morgan fingerprint density at radius 1 is 1.23 bits per heavy atom. The molecule has 0 radical (unpaired) electrons. The molecule has 2 aromatic rings. The minimum Gasteiger partial charge on any atom is -0.493 e. The Balaban J connectivity index is 2.20. The molecule has 0 aliphatic rings. The quantitative estimate of drug-likeness (QED) is 0.461. The van der Waals surface area contributed by atoms with E-state index in [-0.39, 0.29) is 24.1 Å². The van der Waals surface area contributed by atoms with Crippen LogP contribution in [0.4, 0.5) is 5.69 Å². The summed E-state index contributed by atoms with van der Waals surface area (Å²) in [5.41, 5.74) is 0.677. The smallest absolute Gasteiger partial charge is 0.269 e. The summed E-state index contributed by atoms with van der Waals surface area (Å²) in [6, 6.07) is 10.1. The minimum absolute atomic E-state index is 0.0635. The van der Waals surface area contributed by atoms with E-state index in [1.165, 1.54) is 23.1 Å². The standard InChI is InChI=1S/C22H26ClN3O5/c1-5-31-19-9-7-6-8-17(19)21(27)24-20(14(2)3)22(28)25(4)13-15-12-16(26(29)30)10-11-18(15)23/h6-12,14,20H,5,13H2,1-4H3,(H,24,27). The van der Waals surface area contributed by atoms with E-state index in [0.29, 0.717) is 28.5 Å². The molecule has 0 aliphatic carbocycles. The van der Waals surface area contributed by atoms with Gasteiger partial charge in [-0.15, -0.1) is 0 Å². The van der Waals surface area contributed by atoms with Crippen LogP contribution in [-0.2, 0) is 11.3 Å². The zero-order valence-corrected chi connectivity index (χ0v) is 18.7. The Labute approximate surface area is 186 Å². The third kappa shape index (κ3) is 6.18. The summed E-state index contributed by atoms with van der Waals surface area (Å²) in [7, 11) is 1.56. The average molecular weight is 448 g/mol. The van der Waals surface area contributed by atoms with Crippen molar-refractivity contribution in [3.05, 3.63) is 68.7 Å². The summed E-state index contributed by atoms with van der Waals surface area (Å²) in [6.07, 6.45) is 0. The van der Waals surface area contributed by atoms with Gasteiger partial charge in [-0.25, -0.2) is 0 Å². The molecule has 31 heavy (non-hydrogen) atoms. The van der Waals surface area contributed by atoms with Crippen molar-refractivity contribution in [2.75, 3.05) is 13.7 Å². The summed E-state index contributed by atoms with van der Waals surface area (Å²) in [4.78, 5) is 37.9. The molecule has 0 bridgehead atoms. The summed E-state index contributed by atoms with van der Waals surface area (Å²) < 4.78 is 5.50. The molecule has 0 spiro atoms. The van der Waals surface area contributed by atoms with E-state index in [2.05, 4.69) is 5.32 Å². The number of hydrogen-bond donors (Lipinski definition) is 1. The van der Waals surface area contributed by atoms with Gasteiger partial charge in [0.15, 0.2) is 0 Å². The minimum atomic E-state index is -0.801. The molecule has 0 aromatic heterocycles. The molecule has 2 amide bonds. The first-order valence-corrected chi connectivity index (χ1v) is 10.2. The van der Waals surface area contributed by atoms with Crippen molar-refractivity contribution >= 4 is 29.1 Å². The molecule has 1 N–H and O–H groups in total. The van der Waals surface area contributed by atoms with Gasteiger partial charge < -0.3 is 15.0 Å². The lowest BCUT2D eigenvalue weighted by molar-refractivity contribution is -0.384. The lowest BCUT2D eigenvalue weighted by atomic mass is 10.0. The second-order valence-corrected chi connectivity index (χ2v) is 7.76. The number of nitro benzene ring substituents is 1. The molecule has 166 valence electrons. The monoisotopic (exact) mass is 447 g/mol. The van der Waals surface area contributed by atoms with E-state index in [1.54, 1.807) is 31.3 Å². The van der Waals surface area contributed by atoms with Crippen LogP contribution in [-0.4, -0.2) is 41.3 Å². The average Bonchev–Trinajstić information content (AvgIpc) is 2.73. The van der Waals surface area contributed by atoms with Gasteiger partial charge in [0.05, 0.1) is 17.1 Å². The number of nitrogens with one attached hydrogen (secondary N) is 1. The zero-order chi connectivity index (χ0) is 23.1. The fraction of sp³-hybridized carbons (Fsp3) is 0.364. The Kier molecular flexibility index (Phi) is 8.38. The summed E-state index contributed by atoms with van der Waals surface area (Å²) in [5, 5.41) is 14.1. The SMILES string of the molecule is CCOc1ccccc1C(=O)NC(C(=O)N(C)Cc1cc([N+](=O)[O-])ccc1Cl)C(C)C. The molecule has 9 heteroatoms. The number of likely N-dealkylation sites (N-methyl/N-ethyl adjacent to an activating group) is 1. The predicted octanol–water partition coefficient (Wildman–Crippen LogP) is 4.06. The number of benzene rings is 2. The lowest BCUT2D eigenvalue weighted by Gasteiger charge is -2.27. The number of para-hydroxylation sites is 1. The summed E-state index contributed by atoms with van der Waals surface area (Å²) >= 11 is 6.16. The van der Waals surface area contributed by atoms with Crippen molar-refractivity contribution in [3.8, 4) is 5.75 Å². The first kappa shape index (κ1) is 24.1. The van der Waals surface area contributed by atoms with E-state index in [0.717, 1.165) is 0 Å². The maximum Gasteiger partial charge on any atom is 0.269 e. The van der Waals surface area contributed by atoms with Crippen molar-refractivity contribution in [1.82, 2.24) is 10.2 Å². The molecule has 2 aromatic carbocycles. The van der Waals surface area contributed by atoms with Crippen molar-refractivity contribution < 1.29 is 19.2 Å². The summed E-state index contributed by atoms with van der Waals surface area (Å²) in [6.45, 7) is 5.94. The Morgan fingerprint density at radius 3 is 2.52 bits per heavy atom. The largest absolute Gasteiger partial charge is 0.493 e. The lowest BCUT2D eigenvalue weighted by Crippen LogP contribution is -2.50. The van der Waals surface area contributed by atoms with Gasteiger partial charge in [-0.3, -0.25) is 19.7 Å². The van der Waals surface area contributed by atoms with Crippen LogP contribution in [0, 0.1) is 16.0 Å². The van der Waals surface area contributed by atoms with Crippen LogP contribution in [0.2, 0.25) is 5.02 Å². The van der Waals surface area contributed by atoms with Crippen molar-refractivity contribution in [3.63, 3.8) is 0 Å². The van der Waals surface area contributed by atoms with Gasteiger partial charge in [0.2, 0.25) is 5.91 Å². The molecule has 8 nitrogen and oxygen atoms in total.